The molecule has 0 amide bonds. The fourth-order valence-corrected chi connectivity index (χ4v) is 1.10. The van der Waals surface area contributed by atoms with Crippen LogP contribution >= 0.6 is 12.4 Å². The Bertz CT molecular complexity index is 268. The van der Waals surface area contributed by atoms with Gasteiger partial charge in [-0.2, -0.15) is 0 Å². The quantitative estimate of drug-likeness (QED) is 0.509. The summed E-state index contributed by atoms with van der Waals surface area (Å²) >= 11 is 0. The van der Waals surface area contributed by atoms with Gasteiger partial charge in [0.15, 0.2) is 0 Å². The lowest BCUT2D eigenvalue weighted by Gasteiger charge is -2.17. The van der Waals surface area contributed by atoms with Gasteiger partial charge in [0.25, 0.3) is 0 Å². The van der Waals surface area contributed by atoms with Crippen LogP contribution in [0.25, 0.3) is 0 Å². The summed E-state index contributed by atoms with van der Waals surface area (Å²) in [6.45, 7) is 0. The van der Waals surface area contributed by atoms with Crippen molar-refractivity contribution >= 4 is 18.6 Å². The maximum Gasteiger partial charge on any atom is 0.248 e. The minimum atomic E-state index is 0. The summed E-state index contributed by atoms with van der Waals surface area (Å²) in [5.74, 6) is 1.73. The van der Waals surface area contributed by atoms with E-state index in [1.807, 2.05) is 13.1 Å². The molecule has 0 saturated carbocycles. The first kappa shape index (κ1) is 8.10. The molecule has 0 aromatic carbocycles. The molecule has 2 aliphatic heterocycles. The molecule has 1 unspecified atom stereocenters. The number of allylic oxidation sites excluding steroid dienone is 1. The van der Waals surface area contributed by atoms with Crippen molar-refractivity contribution in [1.29, 1.82) is 0 Å². The van der Waals surface area contributed by atoms with Crippen LogP contribution in [0.15, 0.2) is 29.0 Å². The van der Waals surface area contributed by atoms with Crippen LogP contribution in [0, 0.1) is 0 Å². The normalized spacial score (nSPS) is 31.7. The second-order valence-corrected chi connectivity index (χ2v) is 2.49. The highest BCUT2D eigenvalue weighted by molar-refractivity contribution is 5.85. The van der Waals surface area contributed by atoms with Gasteiger partial charge in [0.2, 0.25) is 11.6 Å². The van der Waals surface area contributed by atoms with Crippen molar-refractivity contribution in [3.63, 3.8) is 0 Å². The third-order valence-electron chi connectivity index (χ3n) is 1.87. The van der Waals surface area contributed by atoms with Gasteiger partial charge in [0, 0.05) is 6.08 Å². The first-order valence-corrected chi connectivity index (χ1v) is 3.09. The number of hydrogen-bond donors (Lipinski definition) is 2. The van der Waals surface area contributed by atoms with E-state index in [2.05, 4.69) is 10.4 Å². The van der Waals surface area contributed by atoms with Gasteiger partial charge in [-0.15, -0.1) is 17.0 Å². The van der Waals surface area contributed by atoms with E-state index in [1.54, 1.807) is 12.4 Å². The molecular formula is C6H10ClN4+. The predicted molar refractivity (Wildman–Crippen MR) is 45.4 cm³/mol. The predicted octanol–water partition coefficient (Wildman–Crippen LogP) is 0.0564. The number of rotatable bonds is 0. The van der Waals surface area contributed by atoms with Crippen LogP contribution < -0.4 is 11.1 Å². The molecule has 0 aromatic heterocycles. The SMILES string of the molecule is C[N+]12N=CC=C1NC=C2N.Cl. The molecule has 11 heavy (non-hydrogen) atoms. The Labute approximate surface area is 71.1 Å². The van der Waals surface area contributed by atoms with Crippen LogP contribution in [-0.2, 0) is 0 Å². The molecule has 2 heterocycles. The smallest absolute Gasteiger partial charge is 0.248 e. The third-order valence-corrected chi connectivity index (χ3v) is 1.87. The zero-order valence-electron chi connectivity index (χ0n) is 6.11. The van der Waals surface area contributed by atoms with Gasteiger partial charge in [0.05, 0.1) is 12.4 Å². The van der Waals surface area contributed by atoms with Crippen molar-refractivity contribution in [3.8, 4) is 0 Å². The summed E-state index contributed by atoms with van der Waals surface area (Å²) in [6, 6.07) is 0. The second kappa shape index (κ2) is 2.25. The number of nitrogens with zero attached hydrogens (tertiary/aromatic N) is 2. The molecule has 4 nitrogen and oxygen atoms in total. The molecule has 5 heteroatoms. The van der Waals surface area contributed by atoms with Gasteiger partial charge in [-0.1, -0.05) is 5.10 Å². The van der Waals surface area contributed by atoms with E-state index in [-0.39, 0.29) is 12.4 Å². The average Bonchev–Trinajstić information content (AvgIpc) is 2.36. The summed E-state index contributed by atoms with van der Waals surface area (Å²) < 4.78 is 0.361. The number of nitrogens with one attached hydrogen (secondary N) is 1. The second-order valence-electron chi connectivity index (χ2n) is 2.49. The molecule has 0 fully saturated rings. The lowest BCUT2D eigenvalue weighted by Crippen LogP contribution is -2.36. The van der Waals surface area contributed by atoms with Crippen LogP contribution in [0.4, 0.5) is 0 Å². The van der Waals surface area contributed by atoms with Crippen molar-refractivity contribution in [2.75, 3.05) is 7.05 Å². The molecule has 0 saturated heterocycles. The Hall–Kier alpha value is -1.00. The molecule has 0 spiro atoms. The zero-order chi connectivity index (χ0) is 7.19. The summed E-state index contributed by atoms with van der Waals surface area (Å²) in [5.41, 5.74) is 5.67. The van der Waals surface area contributed by atoms with E-state index >= 15 is 0 Å². The maximum atomic E-state index is 5.67. The lowest BCUT2D eigenvalue weighted by atomic mass is 10.6. The molecule has 1 atom stereocenters. The largest absolute Gasteiger partial charge is 0.351 e. The maximum absolute atomic E-state index is 5.67. The zero-order valence-corrected chi connectivity index (χ0v) is 6.93. The first-order chi connectivity index (χ1) is 4.73. The molecule has 3 N–H and O–H groups in total. The summed E-state index contributed by atoms with van der Waals surface area (Å²) in [6.07, 6.45) is 5.43. The van der Waals surface area contributed by atoms with E-state index in [4.69, 9.17) is 5.73 Å². The summed E-state index contributed by atoms with van der Waals surface area (Å²) in [5, 5.41) is 7.20. The highest BCUT2D eigenvalue weighted by Gasteiger charge is 2.38. The van der Waals surface area contributed by atoms with E-state index in [0.717, 1.165) is 11.6 Å². The van der Waals surface area contributed by atoms with Crippen LogP contribution in [0.5, 0.6) is 0 Å². The van der Waals surface area contributed by atoms with Crippen molar-refractivity contribution in [2.24, 2.45) is 10.8 Å². The van der Waals surface area contributed by atoms with E-state index in [1.165, 1.54) is 0 Å². The molecule has 0 bridgehead atoms. The van der Waals surface area contributed by atoms with Gasteiger partial charge in [0.1, 0.15) is 7.05 Å². The summed E-state index contributed by atoms with van der Waals surface area (Å²) in [4.78, 5) is 0. The summed E-state index contributed by atoms with van der Waals surface area (Å²) in [7, 11) is 1.93. The van der Waals surface area contributed by atoms with E-state index in [0.29, 0.717) is 4.59 Å². The molecule has 0 radical (unpaired) electrons. The minimum Gasteiger partial charge on any atom is -0.351 e. The van der Waals surface area contributed by atoms with Crippen molar-refractivity contribution in [2.45, 2.75) is 0 Å². The van der Waals surface area contributed by atoms with Crippen LogP contribution in [0.3, 0.4) is 0 Å². The standard InChI is InChI=1S/C6H9N4.ClH/c1-10-5(7)4-8-6(10)2-3-9-10;/h2-4,8H,7H2,1H3;1H/q+1;. The topological polar surface area (TPSA) is 50.4 Å². The Kier molecular flexibility index (Phi) is 1.66. The van der Waals surface area contributed by atoms with E-state index in [9.17, 15) is 0 Å². The van der Waals surface area contributed by atoms with Gasteiger partial charge >= 0.3 is 0 Å². The average molecular weight is 174 g/mol. The molecular weight excluding hydrogens is 164 g/mol. The number of halogens is 1. The Morgan fingerprint density at radius 2 is 2.36 bits per heavy atom. The number of nitrogens with two attached hydrogens (primary N) is 1. The molecule has 2 rings (SSSR count). The molecule has 60 valence electrons. The van der Waals surface area contributed by atoms with Crippen molar-refractivity contribution < 1.29 is 4.59 Å². The number of fused-ring (bicyclic) bond motifs is 1. The van der Waals surface area contributed by atoms with Crippen LogP contribution in [0.1, 0.15) is 0 Å². The van der Waals surface area contributed by atoms with Crippen LogP contribution in [0.2, 0.25) is 0 Å². The molecule has 2 aliphatic rings. The molecule has 0 aromatic rings. The third kappa shape index (κ3) is 0.834. The Morgan fingerprint density at radius 3 is 3.00 bits per heavy atom. The Balaban J connectivity index is 0.000000605. The number of quaternary nitrogens is 1. The fourth-order valence-electron chi connectivity index (χ4n) is 1.10. The van der Waals surface area contributed by atoms with Crippen molar-refractivity contribution in [1.82, 2.24) is 5.32 Å². The highest BCUT2D eigenvalue weighted by atomic mass is 35.5. The van der Waals surface area contributed by atoms with Crippen LogP contribution in [-0.4, -0.2) is 17.9 Å². The molecule has 0 aliphatic carbocycles. The fraction of sp³-hybridized carbons (Fsp3) is 0.167. The monoisotopic (exact) mass is 173 g/mol. The lowest BCUT2D eigenvalue weighted by molar-refractivity contribution is -0.836. The minimum absolute atomic E-state index is 0. The van der Waals surface area contributed by atoms with Gasteiger partial charge in [-0.05, 0) is 0 Å². The highest BCUT2D eigenvalue weighted by Crippen LogP contribution is 2.25. The van der Waals surface area contributed by atoms with Gasteiger partial charge in [-0.3, -0.25) is 0 Å². The first-order valence-electron chi connectivity index (χ1n) is 3.09. The van der Waals surface area contributed by atoms with Gasteiger partial charge < -0.3 is 11.1 Å². The Morgan fingerprint density at radius 1 is 1.64 bits per heavy atom. The van der Waals surface area contributed by atoms with Crippen molar-refractivity contribution in [3.05, 3.63) is 23.9 Å². The number of hydrogen-bond acceptors (Lipinski definition) is 3. The van der Waals surface area contributed by atoms with Gasteiger partial charge in [-0.25, -0.2) is 0 Å². The van der Waals surface area contributed by atoms with E-state index < -0.39 is 0 Å².